The topological polar surface area (TPSA) is 61.7 Å². The van der Waals surface area contributed by atoms with Crippen molar-refractivity contribution in [2.75, 3.05) is 0 Å². The van der Waals surface area contributed by atoms with Crippen LogP contribution >= 0.6 is 0 Å². The Balaban J connectivity index is 1.09. The van der Waals surface area contributed by atoms with Gasteiger partial charge in [-0.1, -0.05) is 133 Å². The van der Waals surface area contributed by atoms with Crippen molar-refractivity contribution in [3.05, 3.63) is 188 Å². The molecule has 12 aromatic rings. The molecule has 0 amide bonds. The molecule has 6 nitrogen and oxygen atoms in total. The Morgan fingerprint density at radius 3 is 1.68 bits per heavy atom. The Labute approximate surface area is 326 Å². The molecule has 57 heavy (non-hydrogen) atoms. The van der Waals surface area contributed by atoms with Gasteiger partial charge in [-0.05, 0) is 54.6 Å². The van der Waals surface area contributed by atoms with Crippen LogP contribution < -0.4 is 0 Å². The monoisotopic (exact) mass is 729 g/mol. The third kappa shape index (κ3) is 4.81. The number of aromatic nitrogens is 5. The van der Waals surface area contributed by atoms with Crippen LogP contribution in [-0.2, 0) is 0 Å². The van der Waals surface area contributed by atoms with Crippen LogP contribution in [-0.4, -0.2) is 24.1 Å². The molecule has 6 heteroatoms. The summed E-state index contributed by atoms with van der Waals surface area (Å²) in [6, 6.07) is 65.5. The highest BCUT2D eigenvalue weighted by molar-refractivity contribution is 6.26. The predicted molar refractivity (Wildman–Crippen MR) is 232 cm³/mol. The largest absolute Gasteiger partial charge is 0.455 e. The zero-order valence-corrected chi connectivity index (χ0v) is 30.5. The first-order valence-electron chi connectivity index (χ1n) is 19.1. The van der Waals surface area contributed by atoms with Crippen LogP contribution in [0.5, 0.6) is 0 Å². The highest BCUT2D eigenvalue weighted by atomic mass is 16.3. The van der Waals surface area contributed by atoms with E-state index in [0.717, 1.165) is 61.0 Å². The summed E-state index contributed by atoms with van der Waals surface area (Å²) in [4.78, 5) is 15.0. The van der Waals surface area contributed by atoms with Crippen molar-refractivity contribution in [1.82, 2.24) is 24.1 Å². The minimum absolute atomic E-state index is 0.563. The van der Waals surface area contributed by atoms with E-state index in [1.54, 1.807) is 0 Å². The molecular formula is C51H31N5O. The maximum atomic E-state index is 6.72. The van der Waals surface area contributed by atoms with Crippen LogP contribution in [0.25, 0.3) is 111 Å². The lowest BCUT2D eigenvalue weighted by Crippen LogP contribution is -2.00. The van der Waals surface area contributed by atoms with E-state index < -0.39 is 0 Å². The second-order valence-corrected chi connectivity index (χ2v) is 14.4. The number of hydrogen-bond donors (Lipinski definition) is 0. The van der Waals surface area contributed by atoms with E-state index in [2.05, 4.69) is 130 Å². The Morgan fingerprint density at radius 1 is 0.368 bits per heavy atom. The van der Waals surface area contributed by atoms with Crippen LogP contribution in [0.1, 0.15) is 0 Å². The maximum Gasteiger partial charge on any atom is 0.167 e. The minimum atomic E-state index is 0.563. The lowest BCUT2D eigenvalue weighted by atomic mass is 10.1. The lowest BCUT2D eigenvalue weighted by molar-refractivity contribution is 0.669. The molecule has 0 spiro atoms. The number of benzene rings is 8. The summed E-state index contributed by atoms with van der Waals surface area (Å²) < 4.78 is 11.5. The zero-order chi connectivity index (χ0) is 37.5. The van der Waals surface area contributed by atoms with Crippen molar-refractivity contribution in [3.63, 3.8) is 0 Å². The van der Waals surface area contributed by atoms with Gasteiger partial charge in [-0.25, -0.2) is 15.0 Å². The van der Waals surface area contributed by atoms with Crippen molar-refractivity contribution in [3.8, 4) is 45.5 Å². The molecule has 4 aromatic heterocycles. The Hall–Kier alpha value is -7.83. The molecule has 0 bridgehead atoms. The van der Waals surface area contributed by atoms with Crippen molar-refractivity contribution in [2.45, 2.75) is 0 Å². The van der Waals surface area contributed by atoms with Crippen molar-refractivity contribution < 1.29 is 4.42 Å². The lowest BCUT2D eigenvalue weighted by Gasteiger charge is -2.10. The van der Waals surface area contributed by atoms with Crippen LogP contribution in [0.3, 0.4) is 0 Å². The predicted octanol–water partition coefficient (Wildman–Crippen LogP) is 13.0. The number of hydrogen-bond acceptors (Lipinski definition) is 4. The fourth-order valence-corrected chi connectivity index (χ4v) is 8.66. The fourth-order valence-electron chi connectivity index (χ4n) is 8.66. The molecule has 0 N–H and O–H groups in total. The summed E-state index contributed by atoms with van der Waals surface area (Å²) in [6.07, 6.45) is 0. The number of para-hydroxylation sites is 4. The summed E-state index contributed by atoms with van der Waals surface area (Å²) in [7, 11) is 0. The normalized spacial score (nSPS) is 11.9. The van der Waals surface area contributed by atoms with E-state index in [-0.39, 0.29) is 0 Å². The van der Waals surface area contributed by atoms with Gasteiger partial charge in [0.1, 0.15) is 11.2 Å². The van der Waals surface area contributed by atoms with E-state index >= 15 is 0 Å². The third-order valence-corrected chi connectivity index (χ3v) is 11.2. The average molecular weight is 730 g/mol. The average Bonchev–Trinajstić information content (AvgIpc) is 3.94. The van der Waals surface area contributed by atoms with E-state index in [1.165, 1.54) is 32.6 Å². The molecule has 0 fully saturated rings. The van der Waals surface area contributed by atoms with Gasteiger partial charge in [-0.2, -0.15) is 0 Å². The smallest absolute Gasteiger partial charge is 0.167 e. The van der Waals surface area contributed by atoms with E-state index in [1.807, 2.05) is 66.7 Å². The number of fused-ring (bicyclic) bond motifs is 10. The molecule has 4 heterocycles. The molecule has 0 aliphatic rings. The number of furan rings is 1. The Kier molecular flexibility index (Phi) is 6.83. The second kappa shape index (κ2) is 12.3. The molecule has 0 radical (unpaired) electrons. The van der Waals surface area contributed by atoms with Gasteiger partial charge < -0.3 is 13.6 Å². The van der Waals surface area contributed by atoms with Gasteiger partial charge in [0.25, 0.3) is 0 Å². The second-order valence-electron chi connectivity index (χ2n) is 14.4. The van der Waals surface area contributed by atoms with E-state index in [0.29, 0.717) is 17.5 Å². The van der Waals surface area contributed by atoms with Crippen molar-refractivity contribution in [1.29, 1.82) is 0 Å². The fraction of sp³-hybridized carbons (Fsp3) is 0. The first-order chi connectivity index (χ1) is 28.3. The SMILES string of the molecule is c1ccc(-c2nc(-c3ccccc3)nc(-c3cccc4c3oc3ccc(-n5c6ccccc6c6c5ccc5c7ccccc7n(-c7ccccc7)c56)cc34)n2)cc1. The van der Waals surface area contributed by atoms with Crippen LogP contribution in [0.15, 0.2) is 192 Å². The molecule has 266 valence electrons. The molecule has 0 saturated heterocycles. The number of rotatable bonds is 5. The van der Waals surface area contributed by atoms with E-state index in [9.17, 15) is 0 Å². The van der Waals surface area contributed by atoms with Gasteiger partial charge in [-0.3, -0.25) is 0 Å². The van der Waals surface area contributed by atoms with Gasteiger partial charge in [0.15, 0.2) is 17.5 Å². The molecular weight excluding hydrogens is 699 g/mol. The molecule has 0 aliphatic heterocycles. The summed E-state index contributed by atoms with van der Waals surface area (Å²) >= 11 is 0. The molecule has 0 aliphatic carbocycles. The Bertz CT molecular complexity index is 3450. The maximum absolute atomic E-state index is 6.72. The van der Waals surface area contributed by atoms with Crippen LogP contribution in [0.2, 0.25) is 0 Å². The van der Waals surface area contributed by atoms with Gasteiger partial charge in [0, 0.05) is 54.8 Å². The van der Waals surface area contributed by atoms with E-state index in [4.69, 9.17) is 19.4 Å². The quantitative estimate of drug-likeness (QED) is 0.177. The molecule has 0 unspecified atom stereocenters. The van der Waals surface area contributed by atoms with Gasteiger partial charge in [-0.15, -0.1) is 0 Å². The zero-order valence-electron chi connectivity index (χ0n) is 30.5. The van der Waals surface area contributed by atoms with Gasteiger partial charge in [0.2, 0.25) is 0 Å². The highest BCUT2D eigenvalue weighted by Crippen LogP contribution is 2.43. The first kappa shape index (κ1) is 31.5. The molecule has 8 aromatic carbocycles. The first-order valence-corrected chi connectivity index (χ1v) is 19.1. The molecule has 0 atom stereocenters. The van der Waals surface area contributed by atoms with Crippen LogP contribution in [0, 0.1) is 0 Å². The summed E-state index contributed by atoms with van der Waals surface area (Å²) in [5.41, 5.74) is 11.1. The Morgan fingerprint density at radius 2 is 0.965 bits per heavy atom. The van der Waals surface area contributed by atoms with Gasteiger partial charge >= 0.3 is 0 Å². The minimum Gasteiger partial charge on any atom is -0.455 e. The van der Waals surface area contributed by atoms with Crippen LogP contribution in [0.4, 0.5) is 0 Å². The summed E-state index contributed by atoms with van der Waals surface area (Å²) in [5.74, 6) is 1.79. The highest BCUT2D eigenvalue weighted by Gasteiger charge is 2.22. The molecule has 0 saturated carbocycles. The van der Waals surface area contributed by atoms with Crippen molar-refractivity contribution in [2.24, 2.45) is 0 Å². The standard InChI is InChI=1S/C51H31N5O/c1-4-15-32(16-5-1)49-52-50(33-17-6-2-7-18-33)54-51(53-49)40-24-14-23-38-41-31-35(27-30-45(41)57-48(38)40)55-43-26-13-11-22-39(43)46-44(55)29-28-37-36-21-10-12-25-42(36)56(47(37)46)34-19-8-3-9-20-34/h1-31H. The third-order valence-electron chi connectivity index (χ3n) is 11.2. The van der Waals surface area contributed by atoms with Gasteiger partial charge in [0.05, 0.1) is 27.6 Å². The summed E-state index contributed by atoms with van der Waals surface area (Å²) in [6.45, 7) is 0. The molecule has 12 rings (SSSR count). The van der Waals surface area contributed by atoms with Crippen molar-refractivity contribution >= 4 is 65.6 Å². The number of nitrogens with zero attached hydrogens (tertiary/aromatic N) is 5. The summed E-state index contributed by atoms with van der Waals surface area (Å²) in [5, 5.41) is 6.92.